The molecule has 0 heterocycles. The lowest BCUT2D eigenvalue weighted by Crippen LogP contribution is -2.44. The van der Waals surface area contributed by atoms with Crippen LogP contribution in [0.4, 0.5) is 11.4 Å². The summed E-state index contributed by atoms with van der Waals surface area (Å²) in [6.45, 7) is 12.2. The molecule has 3 atom stereocenters. The molecule has 0 amide bonds. The standard InChI is InChI=1S/C29H47N3O6/c1-18(2)20(13-19-9-10-23(37-7)24(14-19)38-12-8-11-36-6)15-21(30)22(33)16-31-25-26(28(35)27(25)34)32-17-29(3,4)5/h9-10,14,18,20-22,31-33H,8,11-13,15-17,30H2,1-7H3/t20-,21-,22-/m0/s1. The van der Waals surface area contributed by atoms with Crippen molar-refractivity contribution < 1.29 is 19.3 Å². The van der Waals surface area contributed by atoms with Crippen LogP contribution in [0, 0.1) is 17.3 Å². The molecule has 0 aliphatic heterocycles. The molecule has 214 valence electrons. The van der Waals surface area contributed by atoms with Crippen LogP contribution in [-0.2, 0) is 11.2 Å². The van der Waals surface area contributed by atoms with E-state index in [1.54, 1.807) is 14.2 Å². The maximum Gasteiger partial charge on any atom is 0.253 e. The molecule has 9 heteroatoms. The zero-order valence-electron chi connectivity index (χ0n) is 24.1. The highest BCUT2D eigenvalue weighted by Gasteiger charge is 2.26. The third kappa shape index (κ3) is 9.29. The summed E-state index contributed by atoms with van der Waals surface area (Å²) in [6.07, 6.45) is 1.26. The molecule has 0 saturated heterocycles. The number of aliphatic hydroxyl groups excluding tert-OH is 1. The minimum Gasteiger partial charge on any atom is -0.493 e. The van der Waals surface area contributed by atoms with Crippen molar-refractivity contribution in [3.8, 4) is 11.5 Å². The second kappa shape index (κ2) is 14.5. The average Bonchev–Trinajstić information content (AvgIpc) is 2.86. The minimum atomic E-state index is -0.883. The number of hydrogen-bond donors (Lipinski definition) is 4. The van der Waals surface area contributed by atoms with Gasteiger partial charge in [-0.05, 0) is 47.8 Å². The van der Waals surface area contributed by atoms with Crippen molar-refractivity contribution in [1.29, 1.82) is 0 Å². The van der Waals surface area contributed by atoms with Gasteiger partial charge >= 0.3 is 0 Å². The van der Waals surface area contributed by atoms with Gasteiger partial charge in [0.2, 0.25) is 0 Å². The third-order valence-corrected chi connectivity index (χ3v) is 6.68. The average molecular weight is 534 g/mol. The Morgan fingerprint density at radius 1 is 1.00 bits per heavy atom. The SMILES string of the molecule is COCCCOc1cc(C[C@@H](C[C@H](N)[C@@H](O)CNc2c(NCC(C)(C)C)c(=O)c2=O)C(C)C)ccc1OC. The number of ether oxygens (including phenoxy) is 3. The van der Waals surface area contributed by atoms with Crippen LogP contribution in [0.5, 0.6) is 11.5 Å². The van der Waals surface area contributed by atoms with Gasteiger partial charge in [0, 0.05) is 39.3 Å². The maximum absolute atomic E-state index is 12.1. The van der Waals surface area contributed by atoms with Gasteiger partial charge in [-0.25, -0.2) is 0 Å². The summed E-state index contributed by atoms with van der Waals surface area (Å²) in [4.78, 5) is 24.1. The number of aliphatic hydroxyl groups is 1. The van der Waals surface area contributed by atoms with Gasteiger partial charge in [0.05, 0.1) is 19.8 Å². The largest absolute Gasteiger partial charge is 0.493 e. The van der Waals surface area contributed by atoms with Crippen molar-refractivity contribution in [1.82, 2.24) is 0 Å². The number of hydrogen-bond acceptors (Lipinski definition) is 9. The Morgan fingerprint density at radius 3 is 2.24 bits per heavy atom. The Kier molecular flexibility index (Phi) is 12.1. The van der Waals surface area contributed by atoms with Crippen LogP contribution in [0.15, 0.2) is 27.8 Å². The first-order valence-corrected chi connectivity index (χ1v) is 13.4. The van der Waals surface area contributed by atoms with E-state index in [0.29, 0.717) is 43.6 Å². The van der Waals surface area contributed by atoms with Crippen LogP contribution in [0.25, 0.3) is 0 Å². The number of rotatable bonds is 17. The minimum absolute atomic E-state index is 0.0501. The molecule has 5 N–H and O–H groups in total. The Balaban J connectivity index is 1.99. The van der Waals surface area contributed by atoms with Gasteiger partial charge in [-0.15, -0.1) is 0 Å². The van der Waals surface area contributed by atoms with Crippen molar-refractivity contribution in [3.63, 3.8) is 0 Å². The van der Waals surface area contributed by atoms with E-state index in [-0.39, 0.29) is 29.3 Å². The van der Waals surface area contributed by atoms with E-state index in [1.807, 2.05) is 39.0 Å². The van der Waals surface area contributed by atoms with E-state index >= 15 is 0 Å². The molecular formula is C29H47N3O6. The number of nitrogens with one attached hydrogen (secondary N) is 2. The predicted molar refractivity (Wildman–Crippen MR) is 153 cm³/mol. The van der Waals surface area contributed by atoms with Crippen molar-refractivity contribution >= 4 is 11.4 Å². The van der Waals surface area contributed by atoms with E-state index in [1.165, 1.54) is 0 Å². The monoisotopic (exact) mass is 533 g/mol. The molecule has 9 nitrogen and oxygen atoms in total. The predicted octanol–water partition coefficient (Wildman–Crippen LogP) is 3.17. The lowest BCUT2D eigenvalue weighted by molar-refractivity contribution is 0.137. The second-order valence-corrected chi connectivity index (χ2v) is 11.6. The molecule has 0 fully saturated rings. The van der Waals surface area contributed by atoms with Crippen molar-refractivity contribution in [2.75, 3.05) is 51.2 Å². The van der Waals surface area contributed by atoms with Gasteiger partial charge in [-0.3, -0.25) is 9.59 Å². The first kappa shape index (κ1) is 31.6. The Labute approximate surface area is 226 Å². The molecule has 0 radical (unpaired) electrons. The van der Waals surface area contributed by atoms with Crippen LogP contribution in [-0.4, -0.2) is 57.8 Å². The number of nitrogens with two attached hydrogens (primary N) is 1. The topological polar surface area (TPSA) is 132 Å². The first-order chi connectivity index (χ1) is 17.9. The molecule has 0 bridgehead atoms. The van der Waals surface area contributed by atoms with Crippen LogP contribution < -0.4 is 36.7 Å². The van der Waals surface area contributed by atoms with Crippen LogP contribution in [0.1, 0.15) is 53.0 Å². The van der Waals surface area contributed by atoms with Crippen molar-refractivity contribution in [2.45, 2.75) is 66.0 Å². The molecule has 0 aliphatic carbocycles. The lowest BCUT2D eigenvalue weighted by Gasteiger charge is -2.28. The van der Waals surface area contributed by atoms with Crippen LogP contribution in [0.3, 0.4) is 0 Å². The van der Waals surface area contributed by atoms with E-state index in [0.717, 1.165) is 18.4 Å². The van der Waals surface area contributed by atoms with Gasteiger partial charge in [0.25, 0.3) is 10.9 Å². The molecule has 38 heavy (non-hydrogen) atoms. The molecule has 0 saturated carbocycles. The number of benzene rings is 1. The molecule has 2 rings (SSSR count). The van der Waals surface area contributed by atoms with Crippen molar-refractivity contribution in [3.05, 3.63) is 44.2 Å². The summed E-state index contributed by atoms with van der Waals surface area (Å²) in [6, 6.07) is 5.43. The van der Waals surface area contributed by atoms with Gasteiger partial charge in [-0.2, -0.15) is 0 Å². The normalized spacial score (nSPS) is 14.4. The third-order valence-electron chi connectivity index (χ3n) is 6.68. The van der Waals surface area contributed by atoms with Gasteiger partial charge < -0.3 is 35.7 Å². The van der Waals surface area contributed by atoms with Crippen LogP contribution >= 0.6 is 0 Å². The second-order valence-electron chi connectivity index (χ2n) is 11.6. The van der Waals surface area contributed by atoms with Crippen LogP contribution in [0.2, 0.25) is 0 Å². The van der Waals surface area contributed by atoms with Gasteiger partial charge in [-0.1, -0.05) is 40.7 Å². The highest BCUT2D eigenvalue weighted by molar-refractivity contribution is 5.74. The fourth-order valence-electron chi connectivity index (χ4n) is 4.19. The summed E-state index contributed by atoms with van der Waals surface area (Å²) in [5.74, 6) is 1.92. The van der Waals surface area contributed by atoms with Gasteiger partial charge in [0.1, 0.15) is 11.4 Å². The van der Waals surface area contributed by atoms with E-state index < -0.39 is 23.0 Å². The highest BCUT2D eigenvalue weighted by Crippen LogP contribution is 2.31. The fraction of sp³-hybridized carbons (Fsp3) is 0.655. The quantitative estimate of drug-likeness (QED) is 0.179. The number of anilines is 2. The highest BCUT2D eigenvalue weighted by atomic mass is 16.5. The molecule has 2 aromatic carbocycles. The first-order valence-electron chi connectivity index (χ1n) is 13.4. The zero-order valence-corrected chi connectivity index (χ0v) is 24.1. The Morgan fingerprint density at radius 2 is 1.66 bits per heavy atom. The molecule has 0 aliphatic rings. The molecule has 0 spiro atoms. The molecule has 2 aromatic rings. The molecule has 0 unspecified atom stereocenters. The van der Waals surface area contributed by atoms with Crippen molar-refractivity contribution in [2.24, 2.45) is 23.0 Å². The summed E-state index contributed by atoms with van der Waals surface area (Å²) in [7, 11) is 3.29. The lowest BCUT2D eigenvalue weighted by atomic mass is 9.83. The summed E-state index contributed by atoms with van der Waals surface area (Å²) >= 11 is 0. The zero-order chi connectivity index (χ0) is 28.5. The summed E-state index contributed by atoms with van der Waals surface area (Å²) < 4.78 is 16.5. The van der Waals surface area contributed by atoms with E-state index in [2.05, 4.69) is 24.5 Å². The smallest absolute Gasteiger partial charge is 0.253 e. The maximum atomic E-state index is 12.1. The number of methoxy groups -OCH3 is 2. The summed E-state index contributed by atoms with van der Waals surface area (Å²) in [5, 5.41) is 16.8. The van der Waals surface area contributed by atoms with Gasteiger partial charge in [0.15, 0.2) is 11.5 Å². The van der Waals surface area contributed by atoms with E-state index in [4.69, 9.17) is 19.9 Å². The Bertz CT molecular complexity index is 1070. The Hall–Kier alpha value is -2.62. The molecule has 0 aromatic heterocycles. The summed E-state index contributed by atoms with van der Waals surface area (Å²) in [5.41, 5.74) is 6.87. The fourth-order valence-corrected chi connectivity index (χ4v) is 4.19. The van der Waals surface area contributed by atoms with E-state index in [9.17, 15) is 14.7 Å². The molecular weight excluding hydrogens is 486 g/mol.